The Morgan fingerprint density at radius 1 is 1.53 bits per heavy atom. The van der Waals surface area contributed by atoms with Crippen LogP contribution in [0.1, 0.15) is 23.7 Å². The minimum Gasteiger partial charge on any atom is -0.384 e. The summed E-state index contributed by atoms with van der Waals surface area (Å²) >= 11 is 0. The number of aromatic nitrogens is 1. The highest BCUT2D eigenvalue weighted by atomic mass is 19.4. The first-order chi connectivity index (χ1) is 7.78. The first-order valence-corrected chi connectivity index (χ1v) is 4.87. The van der Waals surface area contributed by atoms with Gasteiger partial charge in [0.15, 0.2) is 0 Å². The van der Waals surface area contributed by atoms with E-state index in [1.54, 1.807) is 0 Å². The molecular formula is C10H12F3N3O. The van der Waals surface area contributed by atoms with Crippen molar-refractivity contribution in [1.82, 2.24) is 10.3 Å². The largest absolute Gasteiger partial charge is 0.391 e. The molecule has 0 aliphatic rings. The Morgan fingerprint density at radius 3 is 2.65 bits per heavy atom. The van der Waals surface area contributed by atoms with E-state index in [0.29, 0.717) is 0 Å². The molecule has 1 atom stereocenters. The quantitative estimate of drug-likeness (QED) is 0.854. The number of carbonyl (C=O) groups is 1. The molecule has 1 aromatic rings. The van der Waals surface area contributed by atoms with E-state index in [9.17, 15) is 18.0 Å². The van der Waals surface area contributed by atoms with Gasteiger partial charge in [-0.3, -0.25) is 4.79 Å². The van der Waals surface area contributed by atoms with E-state index < -0.39 is 24.5 Å². The molecule has 1 aromatic heterocycles. The molecule has 3 N–H and O–H groups in total. The van der Waals surface area contributed by atoms with Crippen LogP contribution in [-0.2, 0) is 0 Å². The number of anilines is 1. The number of alkyl halides is 3. The highest BCUT2D eigenvalue weighted by Gasteiger charge is 2.30. The third kappa shape index (κ3) is 4.71. The van der Waals surface area contributed by atoms with Crippen molar-refractivity contribution in [3.05, 3.63) is 23.9 Å². The molecule has 0 fully saturated rings. The number of hydrogen-bond donors (Lipinski definition) is 2. The van der Waals surface area contributed by atoms with Gasteiger partial charge in [-0.25, -0.2) is 4.98 Å². The van der Waals surface area contributed by atoms with Crippen LogP contribution in [0.5, 0.6) is 0 Å². The summed E-state index contributed by atoms with van der Waals surface area (Å²) in [6, 6.07) is 1.82. The van der Waals surface area contributed by atoms with Gasteiger partial charge < -0.3 is 11.1 Å². The summed E-state index contributed by atoms with van der Waals surface area (Å²) < 4.78 is 36.1. The molecule has 0 spiro atoms. The van der Waals surface area contributed by atoms with E-state index in [1.165, 1.54) is 25.3 Å². The molecule has 17 heavy (non-hydrogen) atoms. The highest BCUT2D eigenvalue weighted by Crippen LogP contribution is 2.21. The number of nitrogens with one attached hydrogen (secondary N) is 1. The van der Waals surface area contributed by atoms with Crippen LogP contribution in [0.4, 0.5) is 19.0 Å². The smallest absolute Gasteiger partial charge is 0.384 e. The van der Waals surface area contributed by atoms with Crippen molar-refractivity contribution in [3.63, 3.8) is 0 Å². The van der Waals surface area contributed by atoms with Crippen molar-refractivity contribution in [3.8, 4) is 0 Å². The summed E-state index contributed by atoms with van der Waals surface area (Å²) in [5, 5.41) is 2.23. The molecule has 1 unspecified atom stereocenters. The van der Waals surface area contributed by atoms with Gasteiger partial charge >= 0.3 is 6.18 Å². The first kappa shape index (κ1) is 13.3. The highest BCUT2D eigenvalue weighted by molar-refractivity contribution is 5.94. The van der Waals surface area contributed by atoms with E-state index in [4.69, 9.17) is 5.73 Å². The fraction of sp³-hybridized carbons (Fsp3) is 0.400. The van der Waals surface area contributed by atoms with Gasteiger partial charge in [0, 0.05) is 12.2 Å². The Kier molecular flexibility index (Phi) is 3.93. The lowest BCUT2D eigenvalue weighted by atomic mass is 10.2. The topological polar surface area (TPSA) is 68.0 Å². The van der Waals surface area contributed by atoms with Gasteiger partial charge in [-0.05, 0) is 19.1 Å². The Labute approximate surface area is 96.0 Å². The van der Waals surface area contributed by atoms with Crippen molar-refractivity contribution < 1.29 is 18.0 Å². The Bertz CT molecular complexity index is 389. The van der Waals surface area contributed by atoms with Gasteiger partial charge in [-0.1, -0.05) is 0 Å². The van der Waals surface area contributed by atoms with Gasteiger partial charge in [0.05, 0.1) is 12.0 Å². The molecule has 0 aromatic carbocycles. The van der Waals surface area contributed by atoms with E-state index >= 15 is 0 Å². The first-order valence-electron chi connectivity index (χ1n) is 4.87. The average Bonchev–Trinajstić information content (AvgIpc) is 2.15. The maximum Gasteiger partial charge on any atom is 0.391 e. The fourth-order valence-electron chi connectivity index (χ4n) is 1.24. The number of pyridine rings is 1. The third-order valence-electron chi connectivity index (χ3n) is 1.96. The number of nitrogens with two attached hydrogens (primary N) is 1. The predicted molar refractivity (Wildman–Crippen MR) is 56.2 cm³/mol. The van der Waals surface area contributed by atoms with Gasteiger partial charge in [0.1, 0.15) is 5.82 Å². The Balaban J connectivity index is 2.57. The zero-order valence-electron chi connectivity index (χ0n) is 9.08. The maximum atomic E-state index is 12.0. The van der Waals surface area contributed by atoms with Crippen molar-refractivity contribution in [1.29, 1.82) is 0 Å². The number of halogens is 3. The van der Waals surface area contributed by atoms with Crippen molar-refractivity contribution >= 4 is 11.7 Å². The lowest BCUT2D eigenvalue weighted by Crippen LogP contribution is -2.35. The number of carbonyl (C=O) groups excluding carboxylic acids is 1. The summed E-state index contributed by atoms with van der Waals surface area (Å²) in [6.45, 7) is 1.29. The van der Waals surface area contributed by atoms with E-state index in [1.807, 2.05) is 0 Å². The molecule has 0 aliphatic carbocycles. The Hall–Kier alpha value is -1.79. The van der Waals surface area contributed by atoms with Crippen LogP contribution in [-0.4, -0.2) is 23.1 Å². The summed E-state index contributed by atoms with van der Waals surface area (Å²) in [5.74, 6) is -0.362. The van der Waals surface area contributed by atoms with Crippen molar-refractivity contribution in [2.75, 3.05) is 5.73 Å². The number of amides is 1. The van der Waals surface area contributed by atoms with Crippen LogP contribution in [0.3, 0.4) is 0 Å². The third-order valence-corrected chi connectivity index (χ3v) is 1.96. The molecule has 94 valence electrons. The van der Waals surface area contributed by atoms with E-state index in [2.05, 4.69) is 10.3 Å². The summed E-state index contributed by atoms with van der Waals surface area (Å²) in [7, 11) is 0. The second-order valence-corrected chi connectivity index (χ2v) is 3.67. The molecule has 0 saturated heterocycles. The van der Waals surface area contributed by atoms with Gasteiger partial charge in [0.25, 0.3) is 5.91 Å². The van der Waals surface area contributed by atoms with Gasteiger partial charge in [0.2, 0.25) is 0 Å². The zero-order valence-corrected chi connectivity index (χ0v) is 9.08. The minimum atomic E-state index is -4.30. The molecule has 0 radical (unpaired) electrons. The monoisotopic (exact) mass is 247 g/mol. The molecule has 4 nitrogen and oxygen atoms in total. The molecule has 1 amide bonds. The molecular weight excluding hydrogens is 235 g/mol. The number of rotatable bonds is 3. The number of nitrogen functional groups attached to an aromatic ring is 1. The second-order valence-electron chi connectivity index (χ2n) is 3.67. The summed E-state index contributed by atoms with van der Waals surface area (Å²) in [5.41, 5.74) is 5.49. The van der Waals surface area contributed by atoms with Crippen LogP contribution in [0.2, 0.25) is 0 Å². The number of hydrogen-bond acceptors (Lipinski definition) is 3. The zero-order chi connectivity index (χ0) is 13.1. The normalized spacial score (nSPS) is 13.2. The summed E-state index contributed by atoms with van der Waals surface area (Å²) in [4.78, 5) is 15.2. The van der Waals surface area contributed by atoms with E-state index in [0.717, 1.165) is 0 Å². The van der Waals surface area contributed by atoms with Crippen LogP contribution in [0.15, 0.2) is 18.3 Å². The van der Waals surface area contributed by atoms with Crippen LogP contribution < -0.4 is 11.1 Å². The maximum absolute atomic E-state index is 12.0. The standard InChI is InChI=1S/C10H12F3N3O/c1-6(4-10(11,12)13)16-9(17)7-2-3-8(14)15-5-7/h2-3,5-6H,4H2,1H3,(H2,14,15)(H,16,17). The number of nitrogens with zero attached hydrogens (tertiary/aromatic N) is 1. The molecule has 0 bridgehead atoms. The van der Waals surface area contributed by atoms with Crippen LogP contribution in [0.25, 0.3) is 0 Å². The summed E-state index contributed by atoms with van der Waals surface area (Å²) in [6.07, 6.45) is -4.15. The molecule has 0 saturated carbocycles. The molecule has 7 heteroatoms. The lowest BCUT2D eigenvalue weighted by Gasteiger charge is -2.15. The fourth-order valence-corrected chi connectivity index (χ4v) is 1.24. The second kappa shape index (κ2) is 5.03. The SMILES string of the molecule is CC(CC(F)(F)F)NC(=O)c1ccc(N)nc1. The van der Waals surface area contributed by atoms with Crippen LogP contribution in [0, 0.1) is 0 Å². The lowest BCUT2D eigenvalue weighted by molar-refractivity contribution is -0.138. The molecule has 1 heterocycles. The van der Waals surface area contributed by atoms with E-state index in [-0.39, 0.29) is 11.4 Å². The predicted octanol–water partition coefficient (Wildman–Crippen LogP) is 1.73. The van der Waals surface area contributed by atoms with Crippen molar-refractivity contribution in [2.24, 2.45) is 0 Å². The van der Waals surface area contributed by atoms with Crippen LogP contribution >= 0.6 is 0 Å². The molecule has 0 aliphatic heterocycles. The minimum absolute atomic E-state index is 0.174. The van der Waals surface area contributed by atoms with Gasteiger partial charge in [-0.2, -0.15) is 13.2 Å². The molecule has 1 rings (SSSR count). The van der Waals surface area contributed by atoms with Crippen molar-refractivity contribution in [2.45, 2.75) is 25.6 Å². The Morgan fingerprint density at radius 2 is 2.18 bits per heavy atom. The average molecular weight is 247 g/mol. The van der Waals surface area contributed by atoms with Gasteiger partial charge in [-0.15, -0.1) is 0 Å².